The minimum Gasteiger partial charge on any atom is -0.321 e. The summed E-state index contributed by atoms with van der Waals surface area (Å²) in [5.74, 6) is 3.01. The highest BCUT2D eigenvalue weighted by molar-refractivity contribution is 5.78. The summed E-state index contributed by atoms with van der Waals surface area (Å²) in [4.78, 5) is 29.8. The summed E-state index contributed by atoms with van der Waals surface area (Å²) >= 11 is 0. The number of fused-ring (bicyclic) bond motifs is 1. The maximum atomic E-state index is 12.8. The fraction of sp³-hybridized carbons (Fsp3) is 0.316. The Labute approximate surface area is 145 Å². The second kappa shape index (κ2) is 5.78. The first-order chi connectivity index (χ1) is 11.8. The first kappa shape index (κ1) is 16.8. The van der Waals surface area contributed by atoms with Gasteiger partial charge in [0.1, 0.15) is 5.82 Å². The monoisotopic (exact) mass is 336 g/mol. The number of aryl methyl sites for hydroxylation is 5. The van der Waals surface area contributed by atoms with Crippen LogP contribution < -0.4 is 11.2 Å². The van der Waals surface area contributed by atoms with Crippen molar-refractivity contribution in [1.82, 2.24) is 18.7 Å². The Balaban J connectivity index is 2.44. The zero-order valence-corrected chi connectivity index (χ0v) is 15.0. The topological polar surface area (TPSA) is 61.8 Å². The van der Waals surface area contributed by atoms with Gasteiger partial charge in [-0.2, -0.15) is 0 Å². The van der Waals surface area contributed by atoms with Gasteiger partial charge in [0, 0.05) is 19.7 Å². The van der Waals surface area contributed by atoms with Crippen molar-refractivity contribution in [3.05, 3.63) is 49.7 Å². The highest BCUT2D eigenvalue weighted by Crippen LogP contribution is 2.27. The van der Waals surface area contributed by atoms with Gasteiger partial charge in [-0.15, -0.1) is 6.42 Å². The second-order valence-electron chi connectivity index (χ2n) is 6.36. The van der Waals surface area contributed by atoms with Gasteiger partial charge in [-0.25, -0.2) is 14.3 Å². The number of imidazole rings is 1. The molecule has 0 spiro atoms. The van der Waals surface area contributed by atoms with Gasteiger partial charge in [-0.05, 0) is 43.5 Å². The molecule has 0 bridgehead atoms. The fourth-order valence-corrected chi connectivity index (χ4v) is 3.12. The predicted octanol–water partition coefficient (Wildman–Crippen LogP) is 1.66. The standard InChI is InChI=1S/C19H20N4O2/c1-7-8-23-18(24)15-17(22(6)19(23)25)20-16(21(15)5)14-10-12(3)11(2)9-13(14)4/h1,9-10H,8H2,2-6H3. The van der Waals surface area contributed by atoms with Crippen LogP contribution in [0.15, 0.2) is 21.7 Å². The lowest BCUT2D eigenvalue weighted by atomic mass is 10.0. The molecule has 3 rings (SSSR count). The minimum atomic E-state index is -0.461. The molecule has 6 nitrogen and oxygen atoms in total. The zero-order valence-electron chi connectivity index (χ0n) is 15.0. The van der Waals surface area contributed by atoms with Crippen molar-refractivity contribution in [2.24, 2.45) is 14.1 Å². The third-order valence-corrected chi connectivity index (χ3v) is 4.69. The first-order valence-corrected chi connectivity index (χ1v) is 7.95. The van der Waals surface area contributed by atoms with E-state index in [-0.39, 0.29) is 6.54 Å². The summed E-state index contributed by atoms with van der Waals surface area (Å²) in [7, 11) is 3.38. The van der Waals surface area contributed by atoms with Gasteiger partial charge in [0.2, 0.25) is 0 Å². The molecule has 0 saturated carbocycles. The summed E-state index contributed by atoms with van der Waals surface area (Å²) in [6.07, 6.45) is 5.30. The van der Waals surface area contributed by atoms with E-state index in [1.54, 1.807) is 18.7 Å². The van der Waals surface area contributed by atoms with Crippen LogP contribution in [0.3, 0.4) is 0 Å². The first-order valence-electron chi connectivity index (χ1n) is 7.95. The van der Waals surface area contributed by atoms with Crippen LogP contribution in [-0.4, -0.2) is 18.7 Å². The van der Waals surface area contributed by atoms with Crippen LogP contribution in [0.25, 0.3) is 22.6 Å². The lowest BCUT2D eigenvalue weighted by Gasteiger charge is -2.09. The molecule has 1 aromatic carbocycles. The van der Waals surface area contributed by atoms with Gasteiger partial charge in [0.15, 0.2) is 11.2 Å². The van der Waals surface area contributed by atoms with Crippen LogP contribution in [0.2, 0.25) is 0 Å². The maximum Gasteiger partial charge on any atom is 0.333 e. The summed E-state index contributed by atoms with van der Waals surface area (Å²) in [5, 5.41) is 0. The molecule has 2 aromatic heterocycles. The average molecular weight is 336 g/mol. The van der Waals surface area contributed by atoms with E-state index in [4.69, 9.17) is 6.42 Å². The predicted molar refractivity (Wildman–Crippen MR) is 98.7 cm³/mol. The van der Waals surface area contributed by atoms with Gasteiger partial charge in [-0.1, -0.05) is 12.0 Å². The zero-order chi connectivity index (χ0) is 18.5. The Hall–Kier alpha value is -3.07. The maximum absolute atomic E-state index is 12.8. The van der Waals surface area contributed by atoms with E-state index in [0.29, 0.717) is 17.0 Å². The van der Waals surface area contributed by atoms with Crippen LogP contribution in [0.1, 0.15) is 16.7 Å². The van der Waals surface area contributed by atoms with E-state index in [1.807, 2.05) is 13.8 Å². The highest BCUT2D eigenvalue weighted by Gasteiger charge is 2.20. The molecule has 0 aliphatic rings. The number of aromatic nitrogens is 4. The molecular formula is C19H20N4O2. The molecule has 3 aromatic rings. The van der Waals surface area contributed by atoms with Crippen LogP contribution in [0, 0.1) is 33.1 Å². The molecule has 128 valence electrons. The van der Waals surface area contributed by atoms with E-state index < -0.39 is 11.2 Å². The lowest BCUT2D eigenvalue weighted by Crippen LogP contribution is -2.39. The molecule has 2 heterocycles. The molecule has 6 heteroatoms. The molecule has 0 aliphatic heterocycles. The van der Waals surface area contributed by atoms with Crippen molar-refractivity contribution in [3.8, 4) is 23.7 Å². The number of terminal acetylenes is 1. The molecule has 0 amide bonds. The molecule has 0 unspecified atom stereocenters. The Bertz CT molecular complexity index is 1170. The Morgan fingerprint density at radius 1 is 1.04 bits per heavy atom. The Morgan fingerprint density at radius 2 is 1.68 bits per heavy atom. The van der Waals surface area contributed by atoms with Crippen LogP contribution >= 0.6 is 0 Å². The third-order valence-electron chi connectivity index (χ3n) is 4.69. The van der Waals surface area contributed by atoms with Crippen molar-refractivity contribution < 1.29 is 0 Å². The number of hydrogen-bond donors (Lipinski definition) is 0. The van der Waals surface area contributed by atoms with E-state index in [1.165, 1.54) is 10.1 Å². The number of hydrogen-bond acceptors (Lipinski definition) is 3. The van der Waals surface area contributed by atoms with Gasteiger partial charge in [-0.3, -0.25) is 9.36 Å². The molecule has 0 radical (unpaired) electrons. The molecule has 0 saturated heterocycles. The van der Waals surface area contributed by atoms with Crippen molar-refractivity contribution >= 4 is 11.2 Å². The van der Waals surface area contributed by atoms with Crippen molar-refractivity contribution in [1.29, 1.82) is 0 Å². The number of nitrogens with zero attached hydrogens (tertiary/aromatic N) is 4. The molecule has 0 atom stereocenters. The van der Waals surface area contributed by atoms with E-state index >= 15 is 0 Å². The van der Waals surface area contributed by atoms with Crippen LogP contribution in [0.4, 0.5) is 0 Å². The summed E-state index contributed by atoms with van der Waals surface area (Å²) in [6, 6.07) is 4.16. The average Bonchev–Trinajstić information content (AvgIpc) is 2.90. The smallest absolute Gasteiger partial charge is 0.321 e. The second-order valence-corrected chi connectivity index (χ2v) is 6.36. The van der Waals surface area contributed by atoms with Gasteiger partial charge in [0.25, 0.3) is 5.56 Å². The quantitative estimate of drug-likeness (QED) is 0.669. The SMILES string of the molecule is C#CCn1c(=O)c2c(nc(-c3cc(C)c(C)cc3C)n2C)n(C)c1=O. The van der Waals surface area contributed by atoms with Crippen molar-refractivity contribution in [2.45, 2.75) is 27.3 Å². The largest absolute Gasteiger partial charge is 0.333 e. The molecule has 25 heavy (non-hydrogen) atoms. The minimum absolute atomic E-state index is 0.0649. The number of rotatable bonds is 2. The molecule has 0 aliphatic carbocycles. The van der Waals surface area contributed by atoms with E-state index in [0.717, 1.165) is 21.3 Å². The van der Waals surface area contributed by atoms with Crippen molar-refractivity contribution in [3.63, 3.8) is 0 Å². The van der Waals surface area contributed by atoms with Crippen LogP contribution in [0.5, 0.6) is 0 Å². The summed E-state index contributed by atoms with van der Waals surface area (Å²) in [6.45, 7) is 6.04. The van der Waals surface area contributed by atoms with Gasteiger partial charge < -0.3 is 4.57 Å². The third kappa shape index (κ3) is 2.40. The van der Waals surface area contributed by atoms with Gasteiger partial charge >= 0.3 is 5.69 Å². The Kier molecular flexibility index (Phi) is 3.88. The molecule has 0 N–H and O–H groups in total. The van der Waals surface area contributed by atoms with Gasteiger partial charge in [0.05, 0.1) is 6.54 Å². The van der Waals surface area contributed by atoms with Crippen molar-refractivity contribution in [2.75, 3.05) is 0 Å². The highest BCUT2D eigenvalue weighted by atomic mass is 16.2. The van der Waals surface area contributed by atoms with E-state index in [2.05, 4.69) is 30.0 Å². The van der Waals surface area contributed by atoms with Crippen LogP contribution in [-0.2, 0) is 20.6 Å². The van der Waals surface area contributed by atoms with E-state index in [9.17, 15) is 9.59 Å². The lowest BCUT2D eigenvalue weighted by molar-refractivity contribution is 0.674. The number of benzene rings is 1. The normalized spacial score (nSPS) is 11.0. The molecule has 0 fully saturated rings. The molecular weight excluding hydrogens is 316 g/mol. The Morgan fingerprint density at radius 3 is 2.32 bits per heavy atom. The fourth-order valence-electron chi connectivity index (χ4n) is 3.12. The summed E-state index contributed by atoms with van der Waals surface area (Å²) in [5.41, 5.74) is 4.20. The summed E-state index contributed by atoms with van der Waals surface area (Å²) < 4.78 is 4.16.